The molecule has 0 spiro atoms. The quantitative estimate of drug-likeness (QED) is 0.542. The zero-order chi connectivity index (χ0) is 19.5. The maximum Gasteiger partial charge on any atom is 0.228 e. The van der Waals surface area contributed by atoms with E-state index < -0.39 is 0 Å². The van der Waals surface area contributed by atoms with Crippen LogP contribution in [0.15, 0.2) is 71.1 Å². The first kappa shape index (κ1) is 17.7. The highest BCUT2D eigenvalue weighted by Crippen LogP contribution is 2.28. The minimum atomic E-state index is -0.327. The molecule has 4 rings (SSSR count). The number of hydrogen-bond acceptors (Lipinski definition) is 4. The number of nitrogens with one attached hydrogen (secondary N) is 1. The third-order valence-corrected chi connectivity index (χ3v) is 4.27. The van der Waals surface area contributed by atoms with Crippen LogP contribution in [0, 0.1) is 5.82 Å². The molecule has 140 valence electrons. The second kappa shape index (κ2) is 7.52. The summed E-state index contributed by atoms with van der Waals surface area (Å²) in [5.74, 6) is 0.669. The molecule has 0 saturated carbocycles. The van der Waals surface area contributed by atoms with Crippen LogP contribution in [0.1, 0.15) is 5.56 Å². The molecule has 0 aliphatic rings. The van der Waals surface area contributed by atoms with Gasteiger partial charge < -0.3 is 14.5 Å². The monoisotopic (exact) mass is 376 g/mol. The summed E-state index contributed by atoms with van der Waals surface area (Å²) in [4.78, 5) is 16.7. The van der Waals surface area contributed by atoms with Gasteiger partial charge in [0.1, 0.15) is 17.1 Å². The Morgan fingerprint density at radius 2 is 1.93 bits per heavy atom. The predicted molar refractivity (Wildman–Crippen MR) is 105 cm³/mol. The van der Waals surface area contributed by atoms with Gasteiger partial charge in [-0.2, -0.15) is 0 Å². The maximum atomic E-state index is 13.0. The number of amides is 1. The van der Waals surface area contributed by atoms with Gasteiger partial charge in [0.2, 0.25) is 11.8 Å². The zero-order valence-corrected chi connectivity index (χ0v) is 15.1. The SMILES string of the molecule is COc1cccc(-c2nc3ccc(NC(=O)Cc4ccc(F)cc4)cc3o2)c1. The number of carbonyl (C=O) groups is 1. The highest BCUT2D eigenvalue weighted by molar-refractivity contribution is 5.94. The van der Waals surface area contributed by atoms with Gasteiger partial charge in [-0.05, 0) is 48.0 Å². The summed E-state index contributed by atoms with van der Waals surface area (Å²) in [6, 6.07) is 18.6. The summed E-state index contributed by atoms with van der Waals surface area (Å²) in [6.45, 7) is 0. The molecule has 4 aromatic rings. The number of methoxy groups -OCH3 is 1. The number of aromatic nitrogens is 1. The molecule has 0 aliphatic carbocycles. The first-order chi connectivity index (χ1) is 13.6. The second-order valence-corrected chi connectivity index (χ2v) is 6.28. The minimum Gasteiger partial charge on any atom is -0.497 e. The molecule has 0 radical (unpaired) electrons. The molecule has 6 heteroatoms. The van der Waals surface area contributed by atoms with Crippen molar-refractivity contribution in [2.24, 2.45) is 0 Å². The summed E-state index contributed by atoms with van der Waals surface area (Å²) in [7, 11) is 1.60. The first-order valence-electron chi connectivity index (χ1n) is 8.70. The summed E-state index contributed by atoms with van der Waals surface area (Å²) >= 11 is 0. The molecule has 3 aromatic carbocycles. The molecule has 0 saturated heterocycles. The molecule has 1 aromatic heterocycles. The molecular formula is C22H17FN2O3. The standard InChI is InChI=1S/C22H17FN2O3/c1-27-18-4-2-3-15(12-18)22-25-19-10-9-17(13-20(19)28-22)24-21(26)11-14-5-7-16(23)8-6-14/h2-10,12-13H,11H2,1H3,(H,24,26). The molecule has 0 atom stereocenters. The molecule has 1 heterocycles. The van der Waals surface area contributed by atoms with Crippen molar-refractivity contribution in [2.75, 3.05) is 12.4 Å². The number of ether oxygens (including phenoxy) is 1. The van der Waals surface area contributed by atoms with Gasteiger partial charge in [-0.1, -0.05) is 18.2 Å². The lowest BCUT2D eigenvalue weighted by Crippen LogP contribution is -2.14. The summed E-state index contributed by atoms with van der Waals surface area (Å²) in [5.41, 5.74) is 3.40. The largest absolute Gasteiger partial charge is 0.497 e. The topological polar surface area (TPSA) is 64.4 Å². The molecule has 1 amide bonds. The van der Waals surface area contributed by atoms with Crippen LogP contribution in [-0.2, 0) is 11.2 Å². The number of carbonyl (C=O) groups excluding carboxylic acids is 1. The van der Waals surface area contributed by atoms with Crippen LogP contribution in [0.3, 0.4) is 0 Å². The van der Waals surface area contributed by atoms with Crippen LogP contribution in [0.25, 0.3) is 22.6 Å². The van der Waals surface area contributed by atoms with E-state index in [1.165, 1.54) is 12.1 Å². The molecule has 0 unspecified atom stereocenters. The summed E-state index contributed by atoms with van der Waals surface area (Å²) in [6.07, 6.45) is 0.157. The first-order valence-corrected chi connectivity index (χ1v) is 8.70. The van der Waals surface area contributed by atoms with Crippen LogP contribution in [-0.4, -0.2) is 18.0 Å². The van der Waals surface area contributed by atoms with Gasteiger partial charge in [-0.25, -0.2) is 9.37 Å². The number of halogens is 1. The van der Waals surface area contributed by atoms with E-state index in [0.717, 1.165) is 11.1 Å². The lowest BCUT2D eigenvalue weighted by molar-refractivity contribution is -0.115. The molecular weight excluding hydrogens is 359 g/mol. The van der Waals surface area contributed by atoms with Crippen molar-refractivity contribution in [3.8, 4) is 17.2 Å². The maximum absolute atomic E-state index is 13.0. The Kier molecular flexibility index (Phi) is 4.76. The fraction of sp³-hybridized carbons (Fsp3) is 0.0909. The zero-order valence-electron chi connectivity index (χ0n) is 15.1. The summed E-state index contributed by atoms with van der Waals surface area (Å²) < 4.78 is 24.0. The van der Waals surface area contributed by atoms with E-state index in [-0.39, 0.29) is 18.1 Å². The average Bonchev–Trinajstić information content (AvgIpc) is 3.13. The van der Waals surface area contributed by atoms with Crippen LogP contribution < -0.4 is 10.1 Å². The number of anilines is 1. The van der Waals surface area contributed by atoms with Gasteiger partial charge in [0.25, 0.3) is 0 Å². The fourth-order valence-electron chi connectivity index (χ4n) is 2.87. The molecule has 0 aliphatic heterocycles. The van der Waals surface area contributed by atoms with Crippen LogP contribution in [0.5, 0.6) is 5.75 Å². The van der Waals surface area contributed by atoms with Crippen molar-refractivity contribution in [2.45, 2.75) is 6.42 Å². The highest BCUT2D eigenvalue weighted by Gasteiger charge is 2.11. The third-order valence-electron chi connectivity index (χ3n) is 4.27. The van der Waals surface area contributed by atoms with E-state index in [0.29, 0.717) is 28.4 Å². The molecule has 5 nitrogen and oxygen atoms in total. The smallest absolute Gasteiger partial charge is 0.228 e. The number of nitrogens with zero attached hydrogens (tertiary/aromatic N) is 1. The molecule has 28 heavy (non-hydrogen) atoms. The number of hydrogen-bond donors (Lipinski definition) is 1. The second-order valence-electron chi connectivity index (χ2n) is 6.28. The Morgan fingerprint density at radius 1 is 1.11 bits per heavy atom. The summed E-state index contributed by atoms with van der Waals surface area (Å²) in [5, 5.41) is 2.82. The molecule has 0 bridgehead atoms. The Morgan fingerprint density at radius 3 is 2.71 bits per heavy atom. The van der Waals surface area contributed by atoms with E-state index in [1.54, 1.807) is 37.4 Å². The van der Waals surface area contributed by atoms with E-state index in [2.05, 4.69) is 10.3 Å². The van der Waals surface area contributed by atoms with Crippen molar-refractivity contribution in [1.29, 1.82) is 0 Å². The minimum absolute atomic E-state index is 0.157. The van der Waals surface area contributed by atoms with Crippen molar-refractivity contribution in [3.05, 3.63) is 78.1 Å². The van der Waals surface area contributed by atoms with Crippen LogP contribution >= 0.6 is 0 Å². The fourth-order valence-corrected chi connectivity index (χ4v) is 2.87. The van der Waals surface area contributed by atoms with Gasteiger partial charge in [-0.3, -0.25) is 4.79 Å². The predicted octanol–water partition coefficient (Wildman–Crippen LogP) is 4.82. The number of rotatable bonds is 5. The lowest BCUT2D eigenvalue weighted by Gasteiger charge is -2.05. The van der Waals surface area contributed by atoms with Gasteiger partial charge in [-0.15, -0.1) is 0 Å². The van der Waals surface area contributed by atoms with Gasteiger partial charge >= 0.3 is 0 Å². The van der Waals surface area contributed by atoms with Crippen LogP contribution in [0.2, 0.25) is 0 Å². The lowest BCUT2D eigenvalue weighted by atomic mass is 10.1. The van der Waals surface area contributed by atoms with E-state index in [9.17, 15) is 9.18 Å². The molecule has 1 N–H and O–H groups in total. The third kappa shape index (κ3) is 3.86. The van der Waals surface area contributed by atoms with Crippen molar-refractivity contribution < 1.29 is 18.3 Å². The van der Waals surface area contributed by atoms with Gasteiger partial charge in [0.05, 0.1) is 13.5 Å². The Balaban J connectivity index is 1.52. The molecule has 0 fully saturated rings. The van der Waals surface area contributed by atoms with Gasteiger partial charge in [0, 0.05) is 17.3 Å². The van der Waals surface area contributed by atoms with Crippen LogP contribution in [0.4, 0.5) is 10.1 Å². The Labute approximate surface area is 160 Å². The van der Waals surface area contributed by atoms with E-state index >= 15 is 0 Å². The number of benzene rings is 3. The Bertz CT molecular complexity index is 1140. The number of oxazole rings is 1. The van der Waals surface area contributed by atoms with E-state index in [4.69, 9.17) is 9.15 Å². The van der Waals surface area contributed by atoms with E-state index in [1.807, 2.05) is 24.3 Å². The van der Waals surface area contributed by atoms with Crippen molar-refractivity contribution >= 4 is 22.7 Å². The highest BCUT2D eigenvalue weighted by atomic mass is 19.1. The van der Waals surface area contributed by atoms with Crippen molar-refractivity contribution in [1.82, 2.24) is 4.98 Å². The van der Waals surface area contributed by atoms with Gasteiger partial charge in [0.15, 0.2) is 5.58 Å². The number of fused-ring (bicyclic) bond motifs is 1. The average molecular weight is 376 g/mol. The Hall–Kier alpha value is -3.67. The van der Waals surface area contributed by atoms with Crippen molar-refractivity contribution in [3.63, 3.8) is 0 Å². The normalized spacial score (nSPS) is 10.8.